The third kappa shape index (κ3) is 4.88. The number of carbonyl (C=O) groups is 1. The van der Waals surface area contributed by atoms with Gasteiger partial charge >= 0.3 is 0 Å². The van der Waals surface area contributed by atoms with Crippen molar-refractivity contribution >= 4 is 11.6 Å². The topological polar surface area (TPSA) is 72.3 Å². The zero-order valence-corrected chi connectivity index (χ0v) is 16.5. The van der Waals surface area contributed by atoms with Crippen LogP contribution in [-0.2, 0) is 17.8 Å². The monoisotopic (exact) mass is 391 g/mol. The van der Waals surface area contributed by atoms with E-state index >= 15 is 0 Å². The van der Waals surface area contributed by atoms with E-state index in [-0.39, 0.29) is 5.91 Å². The van der Waals surface area contributed by atoms with Crippen molar-refractivity contribution in [1.29, 1.82) is 0 Å². The van der Waals surface area contributed by atoms with Crippen molar-refractivity contribution in [3.63, 3.8) is 0 Å². The quantitative estimate of drug-likeness (QED) is 0.700. The number of morpholine rings is 1. The Morgan fingerprint density at radius 1 is 1.03 bits per heavy atom. The number of ether oxygens (including phenoxy) is 1. The molecule has 0 spiro atoms. The molecule has 2 aromatic carbocycles. The van der Waals surface area contributed by atoms with Crippen LogP contribution in [0, 0.1) is 6.92 Å². The first-order valence-corrected chi connectivity index (χ1v) is 9.83. The molecular weight excluding hydrogens is 366 g/mol. The molecule has 0 aliphatic carbocycles. The highest BCUT2D eigenvalue weighted by atomic mass is 16.5. The minimum atomic E-state index is -0.245. The van der Waals surface area contributed by atoms with Crippen LogP contribution in [0.2, 0.25) is 0 Å². The van der Waals surface area contributed by atoms with Gasteiger partial charge in [-0.1, -0.05) is 47.7 Å². The Morgan fingerprint density at radius 3 is 2.59 bits per heavy atom. The zero-order chi connectivity index (χ0) is 20.1. The molecule has 1 saturated heterocycles. The molecular formula is C22H25N5O2. The fourth-order valence-corrected chi connectivity index (χ4v) is 3.43. The summed E-state index contributed by atoms with van der Waals surface area (Å²) in [4.78, 5) is 15.1. The molecule has 0 saturated carbocycles. The summed E-state index contributed by atoms with van der Waals surface area (Å²) in [5.41, 5.74) is 4.13. The van der Waals surface area contributed by atoms with Gasteiger partial charge in [-0.05, 0) is 30.2 Å². The van der Waals surface area contributed by atoms with Gasteiger partial charge in [-0.3, -0.25) is 9.69 Å². The molecule has 4 rings (SSSR count). The lowest BCUT2D eigenvalue weighted by atomic mass is 10.1. The third-order valence-electron chi connectivity index (χ3n) is 5.07. The second-order valence-electron chi connectivity index (χ2n) is 7.21. The number of hydrogen-bond donors (Lipinski definition) is 1. The summed E-state index contributed by atoms with van der Waals surface area (Å²) in [6.45, 7) is 6.71. The number of amides is 1. The molecule has 1 aliphatic rings. The van der Waals surface area contributed by atoms with Crippen LogP contribution in [0.25, 0.3) is 0 Å². The summed E-state index contributed by atoms with van der Waals surface area (Å²) in [5.74, 6) is -0.245. The maximum absolute atomic E-state index is 12.7. The predicted octanol–water partition coefficient (Wildman–Crippen LogP) is 2.72. The lowest BCUT2D eigenvalue weighted by Crippen LogP contribution is -2.35. The van der Waals surface area contributed by atoms with E-state index in [1.807, 2.05) is 55.5 Å². The van der Waals surface area contributed by atoms with Gasteiger partial charge in [0.15, 0.2) is 5.69 Å². The first-order chi connectivity index (χ1) is 14.2. The largest absolute Gasteiger partial charge is 0.379 e. The van der Waals surface area contributed by atoms with Crippen LogP contribution < -0.4 is 5.32 Å². The molecule has 0 unspecified atom stereocenters. The van der Waals surface area contributed by atoms with E-state index in [4.69, 9.17) is 4.74 Å². The van der Waals surface area contributed by atoms with Gasteiger partial charge in [0.25, 0.3) is 5.91 Å². The van der Waals surface area contributed by atoms with Crippen LogP contribution in [0.4, 0.5) is 5.69 Å². The van der Waals surface area contributed by atoms with Crippen LogP contribution in [-0.4, -0.2) is 52.1 Å². The summed E-state index contributed by atoms with van der Waals surface area (Å²) < 4.78 is 7.15. The average Bonchev–Trinajstić information content (AvgIpc) is 3.10. The molecule has 150 valence electrons. The van der Waals surface area contributed by atoms with Crippen LogP contribution in [0.3, 0.4) is 0 Å². The van der Waals surface area contributed by atoms with Gasteiger partial charge in [0, 0.05) is 25.3 Å². The highest BCUT2D eigenvalue weighted by Crippen LogP contribution is 2.16. The molecule has 29 heavy (non-hydrogen) atoms. The summed E-state index contributed by atoms with van der Waals surface area (Å²) >= 11 is 0. The highest BCUT2D eigenvalue weighted by molar-refractivity contribution is 6.03. The Balaban J connectivity index is 1.42. The van der Waals surface area contributed by atoms with Gasteiger partial charge < -0.3 is 10.1 Å². The molecule has 1 aromatic heterocycles. The molecule has 1 aliphatic heterocycles. The Kier molecular flexibility index (Phi) is 5.97. The first kappa shape index (κ1) is 19.3. The van der Waals surface area contributed by atoms with Crippen molar-refractivity contribution < 1.29 is 9.53 Å². The average molecular weight is 391 g/mol. The fraction of sp³-hybridized carbons (Fsp3) is 0.318. The molecule has 1 N–H and O–H groups in total. The van der Waals surface area contributed by atoms with Gasteiger partial charge in [0.2, 0.25) is 0 Å². The summed E-state index contributed by atoms with van der Waals surface area (Å²) in [5, 5.41) is 11.2. The van der Waals surface area contributed by atoms with Gasteiger partial charge in [0.1, 0.15) is 0 Å². The number of nitrogens with one attached hydrogen (secondary N) is 1. The zero-order valence-electron chi connectivity index (χ0n) is 16.5. The fourth-order valence-electron chi connectivity index (χ4n) is 3.43. The number of nitrogens with zero attached hydrogens (tertiary/aromatic N) is 4. The van der Waals surface area contributed by atoms with Crippen LogP contribution >= 0.6 is 0 Å². The Morgan fingerprint density at radius 2 is 1.79 bits per heavy atom. The normalized spacial score (nSPS) is 14.7. The minimum Gasteiger partial charge on any atom is -0.379 e. The Hall–Kier alpha value is -3.03. The number of hydrogen-bond acceptors (Lipinski definition) is 5. The second kappa shape index (κ2) is 8.98. The molecule has 1 fully saturated rings. The van der Waals surface area contributed by atoms with Crippen molar-refractivity contribution in [2.75, 3.05) is 31.6 Å². The van der Waals surface area contributed by atoms with Crippen molar-refractivity contribution in [1.82, 2.24) is 19.9 Å². The van der Waals surface area contributed by atoms with E-state index in [1.54, 1.807) is 4.68 Å². The molecule has 7 heteroatoms. The third-order valence-corrected chi connectivity index (χ3v) is 5.07. The molecule has 2 heterocycles. The predicted molar refractivity (Wildman–Crippen MR) is 111 cm³/mol. The molecule has 0 radical (unpaired) electrons. The van der Waals surface area contributed by atoms with Crippen molar-refractivity contribution in [3.8, 4) is 0 Å². The SMILES string of the molecule is Cc1c(C(=O)Nc2cccc(CN3CCOCC3)c2)nnn1Cc1ccccc1. The molecule has 0 bridgehead atoms. The van der Waals surface area contributed by atoms with Crippen LogP contribution in [0.1, 0.15) is 27.3 Å². The van der Waals surface area contributed by atoms with Crippen molar-refractivity contribution in [2.45, 2.75) is 20.0 Å². The van der Waals surface area contributed by atoms with E-state index in [2.05, 4.69) is 26.6 Å². The lowest BCUT2D eigenvalue weighted by molar-refractivity contribution is 0.0342. The van der Waals surface area contributed by atoms with Crippen LogP contribution in [0.5, 0.6) is 0 Å². The molecule has 0 atom stereocenters. The van der Waals surface area contributed by atoms with Gasteiger partial charge in [0.05, 0.1) is 25.5 Å². The van der Waals surface area contributed by atoms with Gasteiger partial charge in [-0.15, -0.1) is 5.10 Å². The number of anilines is 1. The number of rotatable bonds is 6. The Labute approximate surface area is 170 Å². The second-order valence-corrected chi connectivity index (χ2v) is 7.21. The van der Waals surface area contributed by atoms with E-state index in [0.29, 0.717) is 12.2 Å². The molecule has 7 nitrogen and oxygen atoms in total. The lowest BCUT2D eigenvalue weighted by Gasteiger charge is -2.26. The van der Waals surface area contributed by atoms with E-state index in [9.17, 15) is 4.79 Å². The first-order valence-electron chi connectivity index (χ1n) is 9.83. The highest BCUT2D eigenvalue weighted by Gasteiger charge is 2.17. The minimum absolute atomic E-state index is 0.245. The van der Waals surface area contributed by atoms with Gasteiger partial charge in [-0.25, -0.2) is 4.68 Å². The van der Waals surface area contributed by atoms with E-state index in [0.717, 1.165) is 55.4 Å². The maximum Gasteiger partial charge on any atom is 0.278 e. The number of carbonyl (C=O) groups excluding carboxylic acids is 1. The van der Waals surface area contributed by atoms with Crippen molar-refractivity contribution in [3.05, 3.63) is 77.1 Å². The smallest absolute Gasteiger partial charge is 0.278 e. The number of benzene rings is 2. The summed E-state index contributed by atoms with van der Waals surface area (Å²) in [7, 11) is 0. The Bertz CT molecular complexity index is 964. The molecule has 3 aromatic rings. The van der Waals surface area contributed by atoms with E-state index < -0.39 is 0 Å². The maximum atomic E-state index is 12.7. The van der Waals surface area contributed by atoms with Crippen LogP contribution in [0.15, 0.2) is 54.6 Å². The van der Waals surface area contributed by atoms with E-state index in [1.165, 1.54) is 0 Å². The standard InChI is InChI=1S/C22H25N5O2/c1-17-21(24-25-27(17)16-18-6-3-2-4-7-18)22(28)23-20-9-5-8-19(14-20)15-26-10-12-29-13-11-26/h2-9,14H,10-13,15-16H2,1H3,(H,23,28). The number of aromatic nitrogens is 3. The van der Waals surface area contributed by atoms with Gasteiger partial charge in [-0.2, -0.15) is 0 Å². The summed E-state index contributed by atoms with van der Waals surface area (Å²) in [6.07, 6.45) is 0. The molecule has 1 amide bonds. The summed E-state index contributed by atoms with van der Waals surface area (Å²) in [6, 6.07) is 17.9. The van der Waals surface area contributed by atoms with Crippen molar-refractivity contribution in [2.24, 2.45) is 0 Å².